The number of fused-ring (bicyclic) bond motifs is 1. The van der Waals surface area contributed by atoms with Crippen LogP contribution in [-0.4, -0.2) is 31.0 Å². The molecule has 172 valence electrons. The lowest BCUT2D eigenvalue weighted by atomic mass is 9.96. The zero-order valence-corrected chi connectivity index (χ0v) is 20.1. The number of thioether (sulfide) groups is 1. The van der Waals surface area contributed by atoms with Crippen molar-refractivity contribution in [2.45, 2.75) is 82.9 Å². The average molecular weight is 456 g/mol. The van der Waals surface area contributed by atoms with Gasteiger partial charge in [-0.2, -0.15) is 4.98 Å². The van der Waals surface area contributed by atoms with Gasteiger partial charge in [-0.3, -0.25) is 18.5 Å². The highest BCUT2D eigenvalue weighted by Crippen LogP contribution is 2.25. The highest BCUT2D eigenvalue weighted by molar-refractivity contribution is 7.98. The molecule has 2 aromatic heterocycles. The summed E-state index contributed by atoms with van der Waals surface area (Å²) in [5.41, 5.74) is 1.57. The van der Waals surface area contributed by atoms with E-state index in [9.17, 15) is 9.59 Å². The second-order valence-electron chi connectivity index (χ2n) is 8.50. The molecule has 1 aromatic carbocycles. The Morgan fingerprint density at radius 3 is 2.38 bits per heavy atom. The Hall–Kier alpha value is -2.48. The van der Waals surface area contributed by atoms with Gasteiger partial charge in [0.1, 0.15) is 0 Å². The number of nitrogens with one attached hydrogen (secondary N) is 1. The van der Waals surface area contributed by atoms with E-state index in [0.29, 0.717) is 42.8 Å². The summed E-state index contributed by atoms with van der Waals surface area (Å²) >= 11 is 1.71. The van der Waals surface area contributed by atoms with Crippen molar-refractivity contribution in [2.24, 2.45) is 0 Å². The van der Waals surface area contributed by atoms with Crippen LogP contribution in [0.2, 0.25) is 0 Å². The van der Waals surface area contributed by atoms with Gasteiger partial charge in [-0.15, -0.1) is 11.8 Å². The third-order valence-corrected chi connectivity index (χ3v) is 7.06. The number of aromatic nitrogens is 4. The number of nitrogens with zero attached hydrogens (tertiary/aromatic N) is 4. The van der Waals surface area contributed by atoms with Gasteiger partial charge in [0, 0.05) is 24.0 Å². The van der Waals surface area contributed by atoms with Crippen molar-refractivity contribution in [1.82, 2.24) is 18.7 Å². The predicted octanol–water partition coefficient (Wildman–Crippen LogP) is 4.30. The van der Waals surface area contributed by atoms with E-state index in [1.165, 1.54) is 28.7 Å². The van der Waals surface area contributed by atoms with Crippen LogP contribution in [0, 0.1) is 0 Å². The van der Waals surface area contributed by atoms with E-state index < -0.39 is 0 Å². The zero-order valence-electron chi connectivity index (χ0n) is 19.3. The van der Waals surface area contributed by atoms with Gasteiger partial charge >= 0.3 is 5.69 Å². The Morgan fingerprint density at radius 1 is 1.03 bits per heavy atom. The maximum absolute atomic E-state index is 13.4. The van der Waals surface area contributed by atoms with Gasteiger partial charge in [-0.05, 0) is 50.1 Å². The summed E-state index contributed by atoms with van der Waals surface area (Å²) in [4.78, 5) is 32.5. The van der Waals surface area contributed by atoms with E-state index in [0.717, 1.165) is 24.8 Å². The lowest BCUT2D eigenvalue weighted by Gasteiger charge is -2.23. The van der Waals surface area contributed by atoms with Gasteiger partial charge in [0.15, 0.2) is 11.2 Å². The first-order valence-corrected chi connectivity index (χ1v) is 12.9. The fraction of sp³-hybridized carbons (Fsp3) is 0.542. The fourth-order valence-corrected chi connectivity index (χ4v) is 5.01. The third kappa shape index (κ3) is 4.37. The Kier molecular flexibility index (Phi) is 7.08. The molecule has 0 unspecified atom stereocenters. The lowest BCUT2D eigenvalue weighted by Crippen LogP contribution is -2.40. The van der Waals surface area contributed by atoms with Crippen LogP contribution in [-0.2, 0) is 19.6 Å². The lowest BCUT2D eigenvalue weighted by molar-refractivity contribution is 0.459. The second-order valence-corrected chi connectivity index (χ2v) is 9.38. The molecule has 4 rings (SSSR count). The summed E-state index contributed by atoms with van der Waals surface area (Å²) in [7, 11) is 0. The summed E-state index contributed by atoms with van der Waals surface area (Å²) in [6, 6.07) is 8.75. The molecule has 1 aliphatic rings. The normalized spacial score (nSPS) is 14.8. The van der Waals surface area contributed by atoms with Crippen LogP contribution < -0.4 is 16.6 Å². The molecular formula is C24H33N5O2S. The Bertz CT molecular complexity index is 1190. The first-order chi connectivity index (χ1) is 15.6. The predicted molar refractivity (Wildman–Crippen MR) is 132 cm³/mol. The van der Waals surface area contributed by atoms with E-state index in [1.54, 1.807) is 16.3 Å². The first kappa shape index (κ1) is 22.7. The number of aryl methyl sites for hydroxylation is 1. The molecule has 32 heavy (non-hydrogen) atoms. The van der Waals surface area contributed by atoms with Crippen molar-refractivity contribution in [3.63, 3.8) is 0 Å². The molecule has 1 saturated carbocycles. The van der Waals surface area contributed by atoms with Crippen LogP contribution in [0.4, 0.5) is 5.95 Å². The summed E-state index contributed by atoms with van der Waals surface area (Å²) in [5.74, 6) is 0.691. The quantitative estimate of drug-likeness (QED) is 0.513. The average Bonchev–Trinajstić information content (AvgIpc) is 3.16. The number of rotatable bonds is 8. The van der Waals surface area contributed by atoms with Gasteiger partial charge in [0.25, 0.3) is 5.56 Å². The van der Waals surface area contributed by atoms with Crippen LogP contribution in [0.3, 0.4) is 0 Å². The van der Waals surface area contributed by atoms with Crippen molar-refractivity contribution in [3.05, 3.63) is 50.7 Å². The molecule has 1 fully saturated rings. The van der Waals surface area contributed by atoms with Crippen LogP contribution in [0.5, 0.6) is 0 Å². The molecule has 0 amide bonds. The number of hydrogen-bond acceptors (Lipinski definition) is 5. The van der Waals surface area contributed by atoms with Crippen molar-refractivity contribution >= 4 is 28.9 Å². The minimum atomic E-state index is -0.273. The molecule has 3 aromatic rings. The molecule has 7 nitrogen and oxygen atoms in total. The fourth-order valence-electron chi connectivity index (χ4n) is 4.60. The largest absolute Gasteiger partial charge is 0.353 e. The van der Waals surface area contributed by atoms with Gasteiger partial charge < -0.3 is 5.32 Å². The van der Waals surface area contributed by atoms with E-state index in [1.807, 2.05) is 18.4 Å². The van der Waals surface area contributed by atoms with Crippen molar-refractivity contribution in [2.75, 3.05) is 11.6 Å². The minimum absolute atomic E-state index is 0.259. The standard InChI is InChI=1S/C24H33N5O2S/c1-4-15-28-21-20(22(30)27(5-2)24(28)31)29(16-17-11-13-19(32-3)14-12-17)23(26-21)25-18-9-7-6-8-10-18/h11-14,18H,4-10,15-16H2,1-3H3,(H,25,26). The molecule has 0 atom stereocenters. The molecule has 0 radical (unpaired) electrons. The number of hydrogen-bond donors (Lipinski definition) is 1. The van der Waals surface area contributed by atoms with E-state index >= 15 is 0 Å². The molecule has 2 heterocycles. The van der Waals surface area contributed by atoms with Crippen molar-refractivity contribution < 1.29 is 0 Å². The molecule has 1 N–H and O–H groups in total. The van der Waals surface area contributed by atoms with Crippen molar-refractivity contribution in [3.8, 4) is 0 Å². The van der Waals surface area contributed by atoms with E-state index in [4.69, 9.17) is 4.98 Å². The summed E-state index contributed by atoms with van der Waals surface area (Å²) in [6.07, 6.45) is 8.75. The Morgan fingerprint density at radius 2 is 1.75 bits per heavy atom. The van der Waals surface area contributed by atoms with E-state index in [-0.39, 0.29) is 11.2 Å². The monoisotopic (exact) mass is 455 g/mol. The van der Waals surface area contributed by atoms with E-state index in [2.05, 4.69) is 35.8 Å². The van der Waals surface area contributed by atoms with Gasteiger partial charge in [-0.25, -0.2) is 4.79 Å². The van der Waals surface area contributed by atoms with Crippen molar-refractivity contribution in [1.29, 1.82) is 0 Å². The topological polar surface area (TPSA) is 73.8 Å². The highest BCUT2D eigenvalue weighted by Gasteiger charge is 2.23. The Balaban J connectivity index is 1.89. The van der Waals surface area contributed by atoms with Crippen LogP contribution in [0.25, 0.3) is 11.2 Å². The van der Waals surface area contributed by atoms with Gasteiger partial charge in [0.05, 0.1) is 6.54 Å². The Labute approximate surface area is 192 Å². The maximum atomic E-state index is 13.4. The number of imidazole rings is 1. The smallest absolute Gasteiger partial charge is 0.332 e. The zero-order chi connectivity index (χ0) is 22.7. The summed E-state index contributed by atoms with van der Waals surface area (Å²) in [5, 5.41) is 3.62. The second kappa shape index (κ2) is 9.98. The molecule has 0 saturated heterocycles. The van der Waals surface area contributed by atoms with Gasteiger partial charge in [0.2, 0.25) is 5.95 Å². The van der Waals surface area contributed by atoms with Gasteiger partial charge in [-0.1, -0.05) is 38.3 Å². The molecule has 0 bridgehead atoms. The minimum Gasteiger partial charge on any atom is -0.353 e. The highest BCUT2D eigenvalue weighted by atomic mass is 32.2. The van der Waals surface area contributed by atoms with Crippen LogP contribution in [0.1, 0.15) is 57.9 Å². The molecule has 1 aliphatic carbocycles. The van der Waals surface area contributed by atoms with Crippen LogP contribution >= 0.6 is 11.8 Å². The third-order valence-electron chi connectivity index (χ3n) is 6.32. The number of benzene rings is 1. The van der Waals surface area contributed by atoms with Crippen LogP contribution in [0.15, 0.2) is 38.8 Å². The number of anilines is 1. The maximum Gasteiger partial charge on any atom is 0.332 e. The molecule has 0 spiro atoms. The SMILES string of the molecule is CCCn1c(=O)n(CC)c(=O)c2c1nc(NC1CCCCC1)n2Cc1ccc(SC)cc1. The first-order valence-electron chi connectivity index (χ1n) is 11.7. The molecule has 0 aliphatic heterocycles. The summed E-state index contributed by atoms with van der Waals surface area (Å²) in [6.45, 7) is 5.29. The summed E-state index contributed by atoms with van der Waals surface area (Å²) < 4.78 is 4.98. The molecule has 8 heteroatoms. The molecular weight excluding hydrogens is 422 g/mol.